The highest BCUT2D eigenvalue weighted by Gasteiger charge is 2.29. The van der Waals surface area contributed by atoms with Gasteiger partial charge in [0.05, 0.1) is 0 Å². The van der Waals surface area contributed by atoms with Crippen LogP contribution in [0, 0.1) is 17.8 Å². The lowest BCUT2D eigenvalue weighted by Crippen LogP contribution is -2.26. The highest BCUT2D eigenvalue weighted by atomic mass is 15.1. The third kappa shape index (κ3) is 2.91. The molecular weight excluding hydrogens is 198 g/mol. The minimum absolute atomic E-state index is 0.295. The van der Waals surface area contributed by atoms with Crippen LogP contribution in [0.3, 0.4) is 0 Å². The molecule has 2 aliphatic carbocycles. The standard InChI is InChI=1S/C13H23N3/c1-10-2-4-11(5-3-10)12-6-8-13(9-7-12)15-16-14/h10-13H,2-9H2,1H3. The van der Waals surface area contributed by atoms with E-state index < -0.39 is 0 Å². The summed E-state index contributed by atoms with van der Waals surface area (Å²) in [5.74, 6) is 2.86. The van der Waals surface area contributed by atoms with Gasteiger partial charge in [0, 0.05) is 11.0 Å². The highest BCUT2D eigenvalue weighted by molar-refractivity contribution is 4.83. The second-order valence-electron chi connectivity index (χ2n) is 5.79. The van der Waals surface area contributed by atoms with Crippen LogP contribution >= 0.6 is 0 Å². The Morgan fingerprint density at radius 3 is 1.88 bits per heavy atom. The number of hydrogen-bond acceptors (Lipinski definition) is 1. The summed E-state index contributed by atoms with van der Waals surface area (Å²) in [6.45, 7) is 2.38. The van der Waals surface area contributed by atoms with E-state index in [4.69, 9.17) is 5.53 Å². The van der Waals surface area contributed by atoms with Gasteiger partial charge in [0.1, 0.15) is 0 Å². The molecule has 2 aliphatic rings. The molecule has 0 aromatic carbocycles. The van der Waals surface area contributed by atoms with E-state index in [0.29, 0.717) is 6.04 Å². The Morgan fingerprint density at radius 1 is 0.875 bits per heavy atom. The molecule has 0 atom stereocenters. The third-order valence-electron chi connectivity index (χ3n) is 4.68. The van der Waals surface area contributed by atoms with Gasteiger partial charge >= 0.3 is 0 Å². The normalized spacial score (nSPS) is 40.1. The number of hydrogen-bond donors (Lipinski definition) is 0. The van der Waals surface area contributed by atoms with E-state index in [1.54, 1.807) is 0 Å². The first-order chi connectivity index (χ1) is 7.79. The molecule has 0 N–H and O–H groups in total. The fraction of sp³-hybridized carbons (Fsp3) is 1.00. The quantitative estimate of drug-likeness (QED) is 0.369. The molecular formula is C13H23N3. The molecule has 2 fully saturated rings. The van der Waals surface area contributed by atoms with Crippen molar-refractivity contribution in [1.82, 2.24) is 0 Å². The topological polar surface area (TPSA) is 48.8 Å². The summed E-state index contributed by atoms with van der Waals surface area (Å²) >= 11 is 0. The maximum Gasteiger partial charge on any atom is 0.0374 e. The van der Waals surface area contributed by atoms with Crippen LogP contribution in [-0.4, -0.2) is 6.04 Å². The molecule has 0 saturated heterocycles. The molecule has 3 nitrogen and oxygen atoms in total. The molecule has 0 aliphatic heterocycles. The lowest BCUT2D eigenvalue weighted by atomic mass is 9.71. The molecule has 3 heteroatoms. The summed E-state index contributed by atoms with van der Waals surface area (Å²) in [5, 5.41) is 3.86. The lowest BCUT2D eigenvalue weighted by molar-refractivity contribution is 0.166. The Labute approximate surface area is 98.2 Å². The zero-order chi connectivity index (χ0) is 11.4. The van der Waals surface area contributed by atoms with Crippen molar-refractivity contribution >= 4 is 0 Å². The third-order valence-corrected chi connectivity index (χ3v) is 4.68. The zero-order valence-corrected chi connectivity index (χ0v) is 10.3. The molecule has 0 aromatic heterocycles. The maximum absolute atomic E-state index is 8.42. The Balaban J connectivity index is 1.78. The van der Waals surface area contributed by atoms with Gasteiger partial charge in [-0.3, -0.25) is 0 Å². The number of rotatable bonds is 2. The molecule has 0 amide bonds. The van der Waals surface area contributed by atoms with E-state index in [2.05, 4.69) is 16.9 Å². The van der Waals surface area contributed by atoms with Gasteiger partial charge in [-0.15, -0.1) is 0 Å². The van der Waals surface area contributed by atoms with Gasteiger partial charge < -0.3 is 0 Å². The molecule has 16 heavy (non-hydrogen) atoms. The fourth-order valence-corrected chi connectivity index (χ4v) is 3.52. The summed E-state index contributed by atoms with van der Waals surface area (Å²) in [6.07, 6.45) is 10.6. The van der Waals surface area contributed by atoms with Crippen molar-refractivity contribution in [2.75, 3.05) is 0 Å². The van der Waals surface area contributed by atoms with Crippen molar-refractivity contribution in [2.24, 2.45) is 22.9 Å². The van der Waals surface area contributed by atoms with Crippen molar-refractivity contribution in [3.8, 4) is 0 Å². The van der Waals surface area contributed by atoms with Gasteiger partial charge in [0.2, 0.25) is 0 Å². The summed E-state index contributed by atoms with van der Waals surface area (Å²) < 4.78 is 0. The molecule has 90 valence electrons. The summed E-state index contributed by atoms with van der Waals surface area (Å²) in [5.41, 5.74) is 8.42. The van der Waals surface area contributed by atoms with Crippen molar-refractivity contribution in [1.29, 1.82) is 0 Å². The minimum atomic E-state index is 0.295. The van der Waals surface area contributed by atoms with Gasteiger partial charge in [-0.2, -0.15) is 0 Å². The van der Waals surface area contributed by atoms with Crippen molar-refractivity contribution in [3.05, 3.63) is 10.4 Å². The van der Waals surface area contributed by atoms with E-state index in [9.17, 15) is 0 Å². The van der Waals surface area contributed by atoms with Crippen molar-refractivity contribution < 1.29 is 0 Å². The average Bonchev–Trinajstić information content (AvgIpc) is 2.32. The summed E-state index contributed by atoms with van der Waals surface area (Å²) in [4.78, 5) is 2.93. The van der Waals surface area contributed by atoms with E-state index in [1.807, 2.05) is 0 Å². The largest absolute Gasteiger partial charge is 0.0906 e. The fourth-order valence-electron chi connectivity index (χ4n) is 3.52. The molecule has 0 spiro atoms. The SMILES string of the molecule is CC1CCC(C2CCC(N=[N+]=[N-])CC2)CC1. The monoisotopic (exact) mass is 221 g/mol. The van der Waals surface area contributed by atoms with E-state index in [-0.39, 0.29) is 0 Å². The predicted octanol–water partition coefficient (Wildman–Crippen LogP) is 4.68. The second kappa shape index (κ2) is 5.58. The van der Waals surface area contributed by atoms with Crippen LogP contribution in [0.5, 0.6) is 0 Å². The van der Waals surface area contributed by atoms with E-state index >= 15 is 0 Å². The van der Waals surface area contributed by atoms with Gasteiger partial charge in [0.25, 0.3) is 0 Å². The maximum atomic E-state index is 8.42. The first-order valence-corrected chi connectivity index (χ1v) is 6.83. The molecule has 0 bridgehead atoms. The van der Waals surface area contributed by atoms with Crippen LogP contribution in [0.4, 0.5) is 0 Å². The molecule has 2 rings (SSSR count). The molecule has 0 radical (unpaired) electrons. The Bertz CT molecular complexity index is 254. The summed E-state index contributed by atoms with van der Waals surface area (Å²) in [6, 6.07) is 0.295. The van der Waals surface area contributed by atoms with Crippen LogP contribution in [-0.2, 0) is 0 Å². The van der Waals surface area contributed by atoms with E-state index in [1.165, 1.54) is 38.5 Å². The van der Waals surface area contributed by atoms with Gasteiger partial charge in [0.15, 0.2) is 0 Å². The van der Waals surface area contributed by atoms with Crippen molar-refractivity contribution in [3.63, 3.8) is 0 Å². The van der Waals surface area contributed by atoms with Gasteiger partial charge in [-0.25, -0.2) is 0 Å². The molecule has 0 unspecified atom stereocenters. The first kappa shape index (κ1) is 11.8. The van der Waals surface area contributed by atoms with Gasteiger partial charge in [-0.1, -0.05) is 24.9 Å². The first-order valence-electron chi connectivity index (χ1n) is 6.83. The highest BCUT2D eigenvalue weighted by Crippen LogP contribution is 2.40. The lowest BCUT2D eigenvalue weighted by Gasteiger charge is -2.36. The summed E-state index contributed by atoms with van der Waals surface area (Å²) in [7, 11) is 0. The number of azide groups is 1. The Morgan fingerprint density at radius 2 is 1.38 bits per heavy atom. The van der Waals surface area contributed by atoms with Crippen molar-refractivity contribution in [2.45, 2.75) is 64.3 Å². The van der Waals surface area contributed by atoms with Gasteiger partial charge in [-0.05, 0) is 61.8 Å². The number of nitrogens with zero attached hydrogens (tertiary/aromatic N) is 3. The minimum Gasteiger partial charge on any atom is -0.0906 e. The van der Waals surface area contributed by atoms with Crippen LogP contribution in [0.1, 0.15) is 58.3 Å². The Kier molecular flexibility index (Phi) is 4.11. The van der Waals surface area contributed by atoms with Crippen LogP contribution in [0.2, 0.25) is 0 Å². The second-order valence-corrected chi connectivity index (χ2v) is 5.79. The molecule has 2 saturated carbocycles. The van der Waals surface area contributed by atoms with Crippen LogP contribution in [0.25, 0.3) is 10.4 Å². The van der Waals surface area contributed by atoms with Crippen LogP contribution < -0.4 is 0 Å². The molecule has 0 heterocycles. The Hall–Kier alpha value is -0.690. The van der Waals surface area contributed by atoms with Crippen LogP contribution in [0.15, 0.2) is 5.11 Å². The zero-order valence-electron chi connectivity index (χ0n) is 10.3. The average molecular weight is 221 g/mol. The smallest absolute Gasteiger partial charge is 0.0374 e. The predicted molar refractivity (Wildman–Crippen MR) is 66.0 cm³/mol. The molecule has 0 aromatic rings. The van der Waals surface area contributed by atoms with E-state index in [0.717, 1.165) is 30.6 Å².